The molecule has 0 heterocycles. The molecule has 22 heavy (non-hydrogen) atoms. The lowest BCUT2D eigenvalue weighted by atomic mass is 10.1. The number of nitrogens with one attached hydrogen (secondary N) is 1. The van der Waals surface area contributed by atoms with Crippen molar-refractivity contribution in [3.63, 3.8) is 0 Å². The third-order valence-electron chi connectivity index (χ3n) is 2.70. The van der Waals surface area contributed by atoms with Gasteiger partial charge in [0, 0.05) is 5.54 Å². The molecule has 2 rings (SSSR count). The Labute approximate surface area is 138 Å². The molecule has 1 unspecified atom stereocenters. The van der Waals surface area contributed by atoms with Crippen LogP contribution in [-0.2, 0) is 11.0 Å². The van der Waals surface area contributed by atoms with E-state index in [1.807, 2.05) is 78.8 Å². The van der Waals surface area contributed by atoms with E-state index in [-0.39, 0.29) is 5.54 Å². The Morgan fingerprint density at radius 1 is 0.864 bits per heavy atom. The molecule has 0 aliphatic carbocycles. The molecule has 2 aromatic rings. The lowest BCUT2D eigenvalue weighted by molar-refractivity contribution is 0.520. The van der Waals surface area contributed by atoms with Crippen LogP contribution in [0.4, 0.5) is 0 Å². The monoisotopic (exact) mass is 321 g/mol. The maximum atomic E-state index is 12.4. The van der Waals surface area contributed by atoms with Gasteiger partial charge in [0.15, 0.2) is 0 Å². The molecule has 2 nitrogen and oxygen atoms in total. The van der Waals surface area contributed by atoms with E-state index in [9.17, 15) is 4.21 Å². The zero-order chi connectivity index (χ0) is 17.3. The second-order valence-electron chi connectivity index (χ2n) is 5.55. The summed E-state index contributed by atoms with van der Waals surface area (Å²) < 4.78 is 15.5. The Morgan fingerprint density at radius 3 is 1.86 bits per heavy atom. The number of hydrogen-bond acceptors (Lipinski definition) is 1. The van der Waals surface area contributed by atoms with Crippen LogP contribution in [0.5, 0.6) is 0 Å². The number of rotatable bonds is 2. The maximum Gasteiger partial charge on any atom is 0.126 e. The van der Waals surface area contributed by atoms with Gasteiger partial charge in [0.25, 0.3) is 0 Å². The molecule has 0 fully saturated rings. The summed E-state index contributed by atoms with van der Waals surface area (Å²) in [6.07, 6.45) is 0. The lowest BCUT2D eigenvalue weighted by Gasteiger charge is -2.20. The summed E-state index contributed by atoms with van der Waals surface area (Å²) in [5, 5.41) is 2.23. The fourth-order valence-electron chi connectivity index (χ4n) is 1.92. The molecule has 0 bridgehead atoms. The molecule has 0 spiro atoms. The normalized spacial score (nSPS) is 11.8. The van der Waals surface area contributed by atoms with Gasteiger partial charge in [0.05, 0.1) is 4.90 Å². The molecule has 0 aromatic heterocycles. The third-order valence-corrected chi connectivity index (χ3v) is 4.25. The molecule has 0 saturated carbocycles. The smallest absolute Gasteiger partial charge is 0.126 e. The zero-order valence-electron chi connectivity index (χ0n) is 15.3. The second kappa shape index (κ2) is 9.75. The molecule has 1 N–H and O–H groups in total. The highest BCUT2D eigenvalue weighted by atomic mass is 32.2. The van der Waals surface area contributed by atoms with Gasteiger partial charge in [-0.2, -0.15) is 0 Å². The SMILES string of the molecule is CC.CC.Cc1ccc(S(=O)NC(C)(C)C)c2ccccc12. The van der Waals surface area contributed by atoms with Crippen LogP contribution in [0.1, 0.15) is 54.0 Å². The third kappa shape index (κ3) is 5.90. The minimum absolute atomic E-state index is 0.170. The summed E-state index contributed by atoms with van der Waals surface area (Å²) in [5.74, 6) is 0. The van der Waals surface area contributed by atoms with Crippen LogP contribution in [0.3, 0.4) is 0 Å². The van der Waals surface area contributed by atoms with Crippen molar-refractivity contribution in [2.24, 2.45) is 0 Å². The van der Waals surface area contributed by atoms with Crippen molar-refractivity contribution in [1.82, 2.24) is 4.72 Å². The summed E-state index contributed by atoms with van der Waals surface area (Å²) in [5.41, 5.74) is 1.04. The Kier molecular flexibility index (Phi) is 9.22. The first-order chi connectivity index (χ1) is 10.4. The molecule has 1 atom stereocenters. The van der Waals surface area contributed by atoms with Crippen molar-refractivity contribution in [2.45, 2.75) is 65.8 Å². The number of benzene rings is 2. The lowest BCUT2D eigenvalue weighted by Crippen LogP contribution is -2.37. The van der Waals surface area contributed by atoms with Gasteiger partial charge in [-0.25, -0.2) is 8.93 Å². The van der Waals surface area contributed by atoms with E-state index in [4.69, 9.17) is 0 Å². The van der Waals surface area contributed by atoms with Gasteiger partial charge >= 0.3 is 0 Å². The molecular weight excluding hydrogens is 290 g/mol. The first kappa shape index (κ1) is 20.8. The molecule has 2 aromatic carbocycles. The van der Waals surface area contributed by atoms with Crippen LogP contribution < -0.4 is 4.72 Å². The van der Waals surface area contributed by atoms with Gasteiger partial charge in [0.2, 0.25) is 0 Å². The molecule has 0 aliphatic rings. The summed E-state index contributed by atoms with van der Waals surface area (Å²) >= 11 is 0. The quantitative estimate of drug-likeness (QED) is 0.765. The molecule has 124 valence electrons. The number of hydrogen-bond donors (Lipinski definition) is 1. The van der Waals surface area contributed by atoms with Crippen molar-refractivity contribution in [1.29, 1.82) is 0 Å². The summed E-state index contributed by atoms with van der Waals surface area (Å²) in [7, 11) is -1.19. The first-order valence-electron chi connectivity index (χ1n) is 8.06. The van der Waals surface area contributed by atoms with E-state index in [2.05, 4.69) is 17.7 Å². The Morgan fingerprint density at radius 2 is 1.36 bits per heavy atom. The second-order valence-corrected chi connectivity index (χ2v) is 6.73. The van der Waals surface area contributed by atoms with E-state index in [0.29, 0.717) is 0 Å². The maximum absolute atomic E-state index is 12.4. The van der Waals surface area contributed by atoms with Crippen molar-refractivity contribution in [2.75, 3.05) is 0 Å². The van der Waals surface area contributed by atoms with Crippen LogP contribution in [0, 0.1) is 6.92 Å². The average molecular weight is 322 g/mol. The van der Waals surface area contributed by atoms with Crippen molar-refractivity contribution in [3.8, 4) is 0 Å². The Hall–Kier alpha value is -1.19. The van der Waals surface area contributed by atoms with Crippen molar-refractivity contribution < 1.29 is 4.21 Å². The summed E-state index contributed by atoms with van der Waals surface area (Å²) in [6.45, 7) is 16.1. The molecular formula is C19H31NOS. The molecule has 0 radical (unpaired) electrons. The van der Waals surface area contributed by atoms with E-state index < -0.39 is 11.0 Å². The van der Waals surface area contributed by atoms with Crippen LogP contribution >= 0.6 is 0 Å². The predicted octanol–water partition coefficient (Wildman–Crippen LogP) is 5.61. The first-order valence-corrected chi connectivity index (χ1v) is 9.21. The summed E-state index contributed by atoms with van der Waals surface area (Å²) in [6, 6.07) is 12.1. The van der Waals surface area contributed by atoms with Crippen LogP contribution in [-0.4, -0.2) is 9.75 Å². The predicted molar refractivity (Wildman–Crippen MR) is 101 cm³/mol. The van der Waals surface area contributed by atoms with E-state index in [0.717, 1.165) is 10.3 Å². The van der Waals surface area contributed by atoms with Crippen LogP contribution in [0.25, 0.3) is 10.8 Å². The van der Waals surface area contributed by atoms with Crippen LogP contribution in [0.2, 0.25) is 0 Å². The highest BCUT2D eigenvalue weighted by molar-refractivity contribution is 7.83. The highest BCUT2D eigenvalue weighted by Gasteiger charge is 2.16. The van der Waals surface area contributed by atoms with E-state index in [1.54, 1.807) is 0 Å². The van der Waals surface area contributed by atoms with Gasteiger partial charge in [-0.15, -0.1) is 0 Å². The molecule has 0 aliphatic heterocycles. The molecule has 3 heteroatoms. The summed E-state index contributed by atoms with van der Waals surface area (Å²) in [4.78, 5) is 0.853. The Bertz CT molecular complexity index is 600. The molecule has 0 amide bonds. The van der Waals surface area contributed by atoms with Crippen molar-refractivity contribution >= 4 is 21.8 Å². The van der Waals surface area contributed by atoms with Gasteiger partial charge < -0.3 is 0 Å². The standard InChI is InChI=1S/C15H19NOS.2C2H6/c1-11-9-10-14(18(17)16-15(2,3)4)13-8-6-5-7-12(11)13;2*1-2/h5-10,16H,1-4H3;2*1-2H3. The van der Waals surface area contributed by atoms with Gasteiger partial charge in [-0.05, 0) is 50.1 Å². The zero-order valence-corrected chi connectivity index (χ0v) is 16.1. The van der Waals surface area contributed by atoms with Crippen LogP contribution in [0.15, 0.2) is 41.3 Å². The Balaban J connectivity index is 0.00000102. The average Bonchev–Trinajstić information content (AvgIpc) is 2.50. The highest BCUT2D eigenvalue weighted by Crippen LogP contribution is 2.24. The minimum Gasteiger partial charge on any atom is -0.237 e. The topological polar surface area (TPSA) is 29.1 Å². The van der Waals surface area contributed by atoms with Gasteiger partial charge in [-0.1, -0.05) is 58.0 Å². The van der Waals surface area contributed by atoms with Gasteiger partial charge in [-0.3, -0.25) is 0 Å². The van der Waals surface area contributed by atoms with E-state index >= 15 is 0 Å². The number of fused-ring (bicyclic) bond motifs is 1. The minimum atomic E-state index is -1.19. The van der Waals surface area contributed by atoms with Crippen molar-refractivity contribution in [3.05, 3.63) is 42.0 Å². The largest absolute Gasteiger partial charge is 0.237 e. The van der Waals surface area contributed by atoms with Gasteiger partial charge in [0.1, 0.15) is 11.0 Å². The fourth-order valence-corrected chi connectivity index (χ4v) is 3.15. The fraction of sp³-hybridized carbons (Fsp3) is 0.474. The molecule has 0 saturated heterocycles. The van der Waals surface area contributed by atoms with E-state index in [1.165, 1.54) is 10.9 Å². The number of aryl methyl sites for hydroxylation is 1.